The molecule has 138 valence electrons. The summed E-state index contributed by atoms with van der Waals surface area (Å²) < 4.78 is 5.65. The van der Waals surface area contributed by atoms with Crippen LogP contribution in [0.1, 0.15) is 18.5 Å². The maximum atomic E-state index is 12.5. The number of hydrogen-bond donors (Lipinski definition) is 3. The molecular formula is C19H23ClN3O3+. The highest BCUT2D eigenvalue weighted by Gasteiger charge is 2.25. The molecule has 2 rings (SSSR count). The molecule has 0 spiro atoms. The zero-order valence-corrected chi connectivity index (χ0v) is 15.3. The van der Waals surface area contributed by atoms with E-state index in [2.05, 4.69) is 10.6 Å². The van der Waals surface area contributed by atoms with Gasteiger partial charge in [0.25, 0.3) is 5.91 Å². The number of rotatable bonds is 8. The average Bonchev–Trinajstić information content (AvgIpc) is 2.64. The number of halogens is 1. The molecule has 1 atom stereocenters. The van der Waals surface area contributed by atoms with Crippen LogP contribution in [0.4, 0.5) is 4.79 Å². The molecule has 0 bridgehead atoms. The van der Waals surface area contributed by atoms with Gasteiger partial charge in [-0.1, -0.05) is 41.9 Å². The van der Waals surface area contributed by atoms with Crippen molar-refractivity contribution < 1.29 is 19.6 Å². The second-order valence-electron chi connectivity index (χ2n) is 5.56. The highest BCUT2D eigenvalue weighted by atomic mass is 35.5. The van der Waals surface area contributed by atoms with Gasteiger partial charge < -0.3 is 15.4 Å². The van der Waals surface area contributed by atoms with Gasteiger partial charge in [-0.3, -0.25) is 10.1 Å². The number of hydrogen-bond acceptors (Lipinski definition) is 3. The van der Waals surface area contributed by atoms with E-state index in [1.165, 1.54) is 0 Å². The fourth-order valence-corrected chi connectivity index (χ4v) is 2.52. The third kappa shape index (κ3) is 6.38. The second kappa shape index (κ2) is 10.4. The molecule has 0 aliphatic rings. The predicted molar refractivity (Wildman–Crippen MR) is 100 cm³/mol. The van der Waals surface area contributed by atoms with Gasteiger partial charge in [-0.15, -0.1) is 0 Å². The van der Waals surface area contributed by atoms with Crippen LogP contribution in [0.25, 0.3) is 0 Å². The molecule has 3 amide bonds. The van der Waals surface area contributed by atoms with Crippen LogP contribution in [0.3, 0.4) is 0 Å². The Morgan fingerprint density at radius 2 is 1.81 bits per heavy atom. The van der Waals surface area contributed by atoms with Crippen LogP contribution in [0, 0.1) is 0 Å². The Hall–Kier alpha value is -2.57. The SMILES string of the molecule is CCNC(=O)NC(=O)[C@H]([NH2+]CCOc1ccc(Cl)cc1)c1ccccc1. The van der Waals surface area contributed by atoms with Crippen molar-refractivity contribution in [2.24, 2.45) is 0 Å². The minimum Gasteiger partial charge on any atom is -0.488 e. The molecule has 0 unspecified atom stereocenters. The van der Waals surface area contributed by atoms with Gasteiger partial charge in [0.05, 0.1) is 0 Å². The van der Waals surface area contributed by atoms with Crippen molar-refractivity contribution in [3.63, 3.8) is 0 Å². The molecule has 6 nitrogen and oxygen atoms in total. The summed E-state index contributed by atoms with van der Waals surface area (Å²) in [6, 6.07) is 15.4. The number of benzene rings is 2. The van der Waals surface area contributed by atoms with E-state index in [1.54, 1.807) is 31.2 Å². The van der Waals surface area contributed by atoms with Gasteiger partial charge in [0.2, 0.25) is 0 Å². The Balaban J connectivity index is 1.92. The molecule has 0 fully saturated rings. The number of amides is 3. The van der Waals surface area contributed by atoms with Gasteiger partial charge in [0.15, 0.2) is 6.04 Å². The Morgan fingerprint density at radius 1 is 1.12 bits per heavy atom. The van der Waals surface area contributed by atoms with E-state index in [1.807, 2.05) is 35.6 Å². The first-order valence-corrected chi connectivity index (χ1v) is 8.83. The monoisotopic (exact) mass is 376 g/mol. The fourth-order valence-electron chi connectivity index (χ4n) is 2.39. The first kappa shape index (κ1) is 19.8. The number of carbonyl (C=O) groups is 2. The van der Waals surface area contributed by atoms with Crippen LogP contribution in [0.15, 0.2) is 54.6 Å². The maximum Gasteiger partial charge on any atom is 0.321 e. The third-order valence-electron chi connectivity index (χ3n) is 3.62. The summed E-state index contributed by atoms with van der Waals surface area (Å²) in [5.74, 6) is 0.347. The lowest BCUT2D eigenvalue weighted by Gasteiger charge is -2.16. The highest BCUT2D eigenvalue weighted by molar-refractivity contribution is 6.30. The lowest BCUT2D eigenvalue weighted by molar-refractivity contribution is -0.683. The van der Waals surface area contributed by atoms with Crippen molar-refractivity contribution in [1.82, 2.24) is 10.6 Å². The number of nitrogens with two attached hydrogens (primary N) is 1. The number of urea groups is 1. The molecule has 2 aromatic carbocycles. The van der Waals surface area contributed by atoms with Crippen LogP contribution < -0.4 is 20.7 Å². The summed E-state index contributed by atoms with van der Waals surface area (Å²) in [6.45, 7) is 3.21. The quantitative estimate of drug-likeness (QED) is 0.615. The van der Waals surface area contributed by atoms with Crippen molar-refractivity contribution in [3.05, 3.63) is 65.2 Å². The normalized spacial score (nSPS) is 11.5. The molecule has 0 aromatic heterocycles. The molecule has 0 aliphatic carbocycles. The van der Waals surface area contributed by atoms with Crippen LogP contribution >= 0.6 is 11.6 Å². The molecule has 2 aromatic rings. The Labute approximate surface area is 157 Å². The van der Waals surface area contributed by atoms with Crippen molar-refractivity contribution >= 4 is 23.5 Å². The number of imide groups is 1. The van der Waals surface area contributed by atoms with Crippen molar-refractivity contribution in [1.29, 1.82) is 0 Å². The van der Waals surface area contributed by atoms with Gasteiger partial charge in [-0.2, -0.15) is 0 Å². The molecule has 0 radical (unpaired) electrons. The number of nitrogens with one attached hydrogen (secondary N) is 2. The van der Waals surface area contributed by atoms with E-state index in [4.69, 9.17) is 16.3 Å². The molecule has 0 saturated heterocycles. The molecule has 0 saturated carbocycles. The van der Waals surface area contributed by atoms with Crippen molar-refractivity contribution in [2.75, 3.05) is 19.7 Å². The van der Waals surface area contributed by atoms with E-state index in [0.29, 0.717) is 30.5 Å². The lowest BCUT2D eigenvalue weighted by atomic mass is 10.1. The average molecular weight is 377 g/mol. The van der Waals surface area contributed by atoms with Gasteiger partial charge in [-0.05, 0) is 31.2 Å². The fraction of sp³-hybridized carbons (Fsp3) is 0.263. The van der Waals surface area contributed by atoms with Crippen LogP contribution in [0.5, 0.6) is 5.75 Å². The van der Waals surface area contributed by atoms with Crippen LogP contribution in [-0.2, 0) is 4.79 Å². The molecule has 4 N–H and O–H groups in total. The van der Waals surface area contributed by atoms with Crippen LogP contribution in [-0.4, -0.2) is 31.6 Å². The van der Waals surface area contributed by atoms with E-state index in [9.17, 15) is 9.59 Å². The Bertz CT molecular complexity index is 708. The summed E-state index contributed by atoms with van der Waals surface area (Å²) in [5.41, 5.74) is 0.820. The first-order chi connectivity index (χ1) is 12.6. The summed E-state index contributed by atoms with van der Waals surface area (Å²) in [6.07, 6.45) is 0. The molecular weight excluding hydrogens is 354 g/mol. The summed E-state index contributed by atoms with van der Waals surface area (Å²) >= 11 is 5.84. The second-order valence-corrected chi connectivity index (χ2v) is 6.00. The number of carbonyl (C=O) groups excluding carboxylic acids is 2. The third-order valence-corrected chi connectivity index (χ3v) is 3.87. The number of ether oxygens (including phenoxy) is 1. The van der Waals surface area contributed by atoms with Crippen molar-refractivity contribution in [3.8, 4) is 5.75 Å². The summed E-state index contributed by atoms with van der Waals surface area (Å²) in [4.78, 5) is 24.1. The molecule has 7 heteroatoms. The van der Waals surface area contributed by atoms with E-state index >= 15 is 0 Å². The largest absolute Gasteiger partial charge is 0.488 e. The highest BCUT2D eigenvalue weighted by Crippen LogP contribution is 2.15. The topological polar surface area (TPSA) is 84.0 Å². The Kier molecular flexibility index (Phi) is 7.92. The summed E-state index contributed by atoms with van der Waals surface area (Å²) in [7, 11) is 0. The van der Waals surface area contributed by atoms with Crippen molar-refractivity contribution in [2.45, 2.75) is 13.0 Å². The lowest BCUT2D eigenvalue weighted by Crippen LogP contribution is -2.88. The van der Waals surface area contributed by atoms with E-state index < -0.39 is 12.1 Å². The van der Waals surface area contributed by atoms with Crippen LogP contribution in [0.2, 0.25) is 5.02 Å². The summed E-state index contributed by atoms with van der Waals surface area (Å²) in [5, 5.41) is 7.42. The Morgan fingerprint density at radius 3 is 2.46 bits per heavy atom. The zero-order chi connectivity index (χ0) is 18.8. The predicted octanol–water partition coefficient (Wildman–Crippen LogP) is 1.87. The van der Waals surface area contributed by atoms with Gasteiger partial charge in [-0.25, -0.2) is 4.79 Å². The van der Waals surface area contributed by atoms with E-state index in [0.717, 1.165) is 5.56 Å². The standard InChI is InChI=1S/C19H22ClN3O3/c1-2-21-19(25)23-18(24)17(14-6-4-3-5-7-14)22-12-13-26-16-10-8-15(20)9-11-16/h3-11,17,22H,2,12-13H2,1H3,(H2,21,23,24,25)/p+1/t17-/m1/s1. The van der Waals surface area contributed by atoms with Gasteiger partial charge >= 0.3 is 6.03 Å². The molecule has 0 heterocycles. The smallest absolute Gasteiger partial charge is 0.321 e. The molecule has 26 heavy (non-hydrogen) atoms. The molecule has 0 aliphatic heterocycles. The maximum absolute atomic E-state index is 12.5. The first-order valence-electron chi connectivity index (χ1n) is 8.45. The zero-order valence-electron chi connectivity index (χ0n) is 14.6. The minimum atomic E-state index is -0.535. The van der Waals surface area contributed by atoms with Gasteiger partial charge in [0.1, 0.15) is 18.9 Å². The van der Waals surface area contributed by atoms with Gasteiger partial charge in [0, 0.05) is 17.1 Å². The van der Waals surface area contributed by atoms with E-state index in [-0.39, 0.29) is 5.91 Å². The number of quaternary nitrogens is 1. The minimum absolute atomic E-state index is 0.367.